The summed E-state index contributed by atoms with van der Waals surface area (Å²) in [5.41, 5.74) is 6.09. The molecule has 0 aromatic heterocycles. The van der Waals surface area contributed by atoms with Crippen LogP contribution in [-0.4, -0.2) is 12.1 Å². The molecule has 0 heterocycles. The predicted octanol–water partition coefficient (Wildman–Crippen LogP) is 5.97. The van der Waals surface area contributed by atoms with E-state index in [0.717, 1.165) is 34.6 Å². The molecule has 1 amide bonds. The van der Waals surface area contributed by atoms with Crippen LogP contribution in [0.15, 0.2) is 102 Å². The fourth-order valence-corrected chi connectivity index (χ4v) is 3.18. The van der Waals surface area contributed by atoms with Crippen molar-refractivity contribution >= 4 is 12.1 Å². The molecule has 0 saturated heterocycles. The first-order valence-corrected chi connectivity index (χ1v) is 10.2. The van der Waals surface area contributed by atoms with E-state index < -0.39 is 17.5 Å². The first-order valence-electron chi connectivity index (χ1n) is 10.2. The van der Waals surface area contributed by atoms with Crippen molar-refractivity contribution in [3.05, 3.63) is 125 Å². The first-order chi connectivity index (χ1) is 16.1. The van der Waals surface area contributed by atoms with E-state index >= 15 is 0 Å². The van der Waals surface area contributed by atoms with Crippen LogP contribution < -0.4 is 10.2 Å². The number of carbonyl (C=O) groups is 1. The van der Waals surface area contributed by atoms with Gasteiger partial charge < -0.3 is 4.74 Å². The monoisotopic (exact) mass is 442 g/mol. The summed E-state index contributed by atoms with van der Waals surface area (Å²) in [6.45, 7) is 0.347. The largest absolute Gasteiger partial charge is 0.488 e. The molecule has 0 atom stereocenters. The fraction of sp³-hybridized carbons (Fsp3) is 0.0370. The highest BCUT2D eigenvalue weighted by atomic mass is 19.2. The molecule has 4 nitrogen and oxygen atoms in total. The number of halogens is 2. The maximum Gasteiger partial charge on any atom is 0.271 e. The predicted molar refractivity (Wildman–Crippen MR) is 124 cm³/mol. The molecule has 33 heavy (non-hydrogen) atoms. The van der Waals surface area contributed by atoms with Gasteiger partial charge in [0.05, 0.1) is 6.21 Å². The Morgan fingerprint density at radius 3 is 2.33 bits per heavy atom. The van der Waals surface area contributed by atoms with Crippen LogP contribution in [0.25, 0.3) is 11.1 Å². The van der Waals surface area contributed by atoms with E-state index in [4.69, 9.17) is 4.74 Å². The Hall–Kier alpha value is -4.32. The minimum atomic E-state index is -0.977. The molecule has 4 aromatic rings. The summed E-state index contributed by atoms with van der Waals surface area (Å²) in [4.78, 5) is 12.3. The lowest BCUT2D eigenvalue weighted by Gasteiger charge is -2.12. The second-order valence-electron chi connectivity index (χ2n) is 7.22. The van der Waals surface area contributed by atoms with Crippen molar-refractivity contribution in [1.82, 2.24) is 5.43 Å². The van der Waals surface area contributed by atoms with Crippen molar-refractivity contribution in [3.63, 3.8) is 0 Å². The Morgan fingerprint density at radius 1 is 0.848 bits per heavy atom. The number of nitrogens with one attached hydrogen (secondary N) is 1. The Balaban J connectivity index is 1.35. The van der Waals surface area contributed by atoms with Crippen molar-refractivity contribution in [1.29, 1.82) is 0 Å². The van der Waals surface area contributed by atoms with E-state index in [0.29, 0.717) is 17.7 Å². The second kappa shape index (κ2) is 10.3. The lowest BCUT2D eigenvalue weighted by atomic mass is 10.0. The van der Waals surface area contributed by atoms with Gasteiger partial charge in [0.1, 0.15) is 12.4 Å². The number of ether oxygens (including phenoxy) is 1. The van der Waals surface area contributed by atoms with E-state index in [1.807, 2.05) is 54.6 Å². The summed E-state index contributed by atoms with van der Waals surface area (Å²) < 4.78 is 32.2. The van der Waals surface area contributed by atoms with Crippen molar-refractivity contribution in [2.75, 3.05) is 0 Å². The standard InChI is InChI=1S/C27H20F2N2O2/c28-24-15-12-20(16-25(24)29)17-30-31-27(32)22-13-10-19(11-14-22)18-33-26-9-5-4-8-23(26)21-6-2-1-3-7-21/h1-17H,18H2,(H,31,32)/b30-17+. The number of nitrogens with zero attached hydrogens (tertiary/aromatic N) is 1. The number of hydrazone groups is 1. The molecule has 4 aromatic carbocycles. The van der Waals surface area contributed by atoms with E-state index in [-0.39, 0.29) is 0 Å². The normalized spacial score (nSPS) is 10.8. The van der Waals surface area contributed by atoms with E-state index in [1.165, 1.54) is 12.3 Å². The highest BCUT2D eigenvalue weighted by molar-refractivity contribution is 5.94. The van der Waals surface area contributed by atoms with Crippen LogP contribution in [0.2, 0.25) is 0 Å². The smallest absolute Gasteiger partial charge is 0.271 e. The van der Waals surface area contributed by atoms with Crippen LogP contribution in [0.5, 0.6) is 5.75 Å². The zero-order chi connectivity index (χ0) is 23.0. The van der Waals surface area contributed by atoms with E-state index in [1.54, 1.807) is 24.3 Å². The van der Waals surface area contributed by atoms with Gasteiger partial charge in [-0.3, -0.25) is 4.79 Å². The molecule has 0 radical (unpaired) electrons. The third-order valence-electron chi connectivity index (χ3n) is 4.91. The van der Waals surface area contributed by atoms with Crippen molar-refractivity contribution < 1.29 is 18.3 Å². The van der Waals surface area contributed by atoms with Crippen LogP contribution in [0.1, 0.15) is 21.5 Å². The molecule has 0 bridgehead atoms. The lowest BCUT2D eigenvalue weighted by molar-refractivity contribution is 0.0955. The third-order valence-corrected chi connectivity index (χ3v) is 4.91. The Kier molecular flexibility index (Phi) is 6.85. The Labute approximate surface area is 190 Å². The SMILES string of the molecule is O=C(N/N=C/c1ccc(F)c(F)c1)c1ccc(COc2ccccc2-c2ccccc2)cc1. The topological polar surface area (TPSA) is 50.7 Å². The second-order valence-corrected chi connectivity index (χ2v) is 7.22. The van der Waals surface area contributed by atoms with Gasteiger partial charge in [-0.1, -0.05) is 66.7 Å². The molecular formula is C27H20F2N2O2. The number of hydrogen-bond acceptors (Lipinski definition) is 3. The van der Waals surface area contributed by atoms with Crippen LogP contribution in [0, 0.1) is 11.6 Å². The molecule has 0 aliphatic rings. The molecule has 0 unspecified atom stereocenters. The van der Waals surface area contributed by atoms with Gasteiger partial charge in [0.25, 0.3) is 5.91 Å². The number of carbonyl (C=O) groups excluding carboxylic acids is 1. The highest BCUT2D eigenvalue weighted by Gasteiger charge is 2.08. The molecule has 1 N–H and O–H groups in total. The minimum Gasteiger partial charge on any atom is -0.488 e. The number of amides is 1. The maximum atomic E-state index is 13.2. The van der Waals surface area contributed by atoms with E-state index in [9.17, 15) is 13.6 Å². The zero-order valence-corrected chi connectivity index (χ0v) is 17.5. The fourth-order valence-electron chi connectivity index (χ4n) is 3.18. The zero-order valence-electron chi connectivity index (χ0n) is 17.5. The van der Waals surface area contributed by atoms with Crippen LogP contribution >= 0.6 is 0 Å². The van der Waals surface area contributed by atoms with Gasteiger partial charge in [0.15, 0.2) is 11.6 Å². The summed E-state index contributed by atoms with van der Waals surface area (Å²) in [6, 6.07) is 28.1. The summed E-state index contributed by atoms with van der Waals surface area (Å²) in [6.07, 6.45) is 1.24. The number of rotatable bonds is 7. The van der Waals surface area contributed by atoms with Crippen LogP contribution in [-0.2, 0) is 6.61 Å². The molecule has 164 valence electrons. The Morgan fingerprint density at radius 2 is 1.58 bits per heavy atom. The number of hydrogen-bond donors (Lipinski definition) is 1. The van der Waals surface area contributed by atoms with Gasteiger partial charge in [-0.05, 0) is 47.0 Å². The average Bonchev–Trinajstić information content (AvgIpc) is 2.86. The van der Waals surface area contributed by atoms with Gasteiger partial charge in [0, 0.05) is 11.1 Å². The van der Waals surface area contributed by atoms with Gasteiger partial charge >= 0.3 is 0 Å². The average molecular weight is 442 g/mol. The maximum absolute atomic E-state index is 13.2. The van der Waals surface area contributed by atoms with Gasteiger partial charge in [-0.2, -0.15) is 5.10 Å². The quantitative estimate of drug-likeness (QED) is 0.283. The van der Waals surface area contributed by atoms with E-state index in [2.05, 4.69) is 10.5 Å². The van der Waals surface area contributed by atoms with Crippen molar-refractivity contribution in [2.24, 2.45) is 5.10 Å². The first kappa shape index (κ1) is 21.9. The van der Waals surface area contributed by atoms with Crippen LogP contribution in [0.4, 0.5) is 8.78 Å². The van der Waals surface area contributed by atoms with Gasteiger partial charge in [0.2, 0.25) is 0 Å². The number of para-hydroxylation sites is 1. The Bertz CT molecular complexity index is 1270. The molecule has 0 spiro atoms. The highest BCUT2D eigenvalue weighted by Crippen LogP contribution is 2.30. The molecule has 0 aliphatic heterocycles. The summed E-state index contributed by atoms with van der Waals surface area (Å²) in [5.74, 6) is -1.56. The molecule has 0 saturated carbocycles. The van der Waals surface area contributed by atoms with Gasteiger partial charge in [-0.25, -0.2) is 14.2 Å². The summed E-state index contributed by atoms with van der Waals surface area (Å²) in [7, 11) is 0. The molecule has 0 aliphatic carbocycles. The van der Waals surface area contributed by atoms with Crippen molar-refractivity contribution in [3.8, 4) is 16.9 Å². The molecule has 4 rings (SSSR count). The van der Waals surface area contributed by atoms with Gasteiger partial charge in [-0.15, -0.1) is 0 Å². The molecular weight excluding hydrogens is 422 g/mol. The lowest BCUT2D eigenvalue weighted by Crippen LogP contribution is -2.17. The van der Waals surface area contributed by atoms with Crippen molar-refractivity contribution in [2.45, 2.75) is 6.61 Å². The number of benzene rings is 4. The summed E-state index contributed by atoms with van der Waals surface area (Å²) >= 11 is 0. The molecule has 6 heteroatoms. The summed E-state index contributed by atoms with van der Waals surface area (Å²) in [5, 5.41) is 3.79. The van der Waals surface area contributed by atoms with Crippen LogP contribution in [0.3, 0.4) is 0 Å². The minimum absolute atomic E-state index is 0.331. The molecule has 0 fully saturated rings. The third kappa shape index (κ3) is 5.68.